The molecule has 1 fully saturated rings. The van der Waals surface area contributed by atoms with Crippen LogP contribution in [0.4, 0.5) is 0 Å². The van der Waals surface area contributed by atoms with Crippen molar-refractivity contribution >= 4 is 17.2 Å². The quantitative estimate of drug-likeness (QED) is 0.699. The van der Waals surface area contributed by atoms with Crippen molar-refractivity contribution < 1.29 is 13.9 Å². The molecule has 1 atom stereocenters. The highest BCUT2D eigenvalue weighted by Crippen LogP contribution is 2.29. The van der Waals surface area contributed by atoms with E-state index in [9.17, 15) is 4.79 Å². The Labute approximate surface area is 154 Å². The third-order valence-corrected chi connectivity index (χ3v) is 5.08. The van der Waals surface area contributed by atoms with Crippen LogP contribution in [0.15, 0.2) is 34.2 Å². The zero-order valence-electron chi connectivity index (χ0n) is 14.5. The predicted molar refractivity (Wildman–Crippen MR) is 94.8 cm³/mol. The van der Waals surface area contributed by atoms with E-state index in [4.69, 9.17) is 9.15 Å². The first-order valence-electron chi connectivity index (χ1n) is 8.44. The highest BCUT2D eigenvalue weighted by atomic mass is 32.1. The molecule has 1 aliphatic rings. The highest BCUT2D eigenvalue weighted by molar-refractivity contribution is 7.13. The Morgan fingerprint density at radius 1 is 1.35 bits per heavy atom. The summed E-state index contributed by atoms with van der Waals surface area (Å²) in [6.07, 6.45) is 1.64. The SMILES string of the molecule is CC(C)n1nccc1C(=O)N1CCOCC1c1nnc(-c2cccs2)o1. The molecule has 1 saturated heterocycles. The molecule has 1 amide bonds. The summed E-state index contributed by atoms with van der Waals surface area (Å²) in [5, 5.41) is 14.5. The molecule has 3 aromatic rings. The largest absolute Gasteiger partial charge is 0.418 e. The standard InChI is InChI=1S/C17H19N5O3S/c1-11(2)22-12(5-6-18-22)17(23)21-7-8-24-10-13(21)15-19-20-16(25-15)14-4-3-9-26-14/h3-6,9,11,13H,7-8,10H2,1-2H3. The summed E-state index contributed by atoms with van der Waals surface area (Å²) in [4.78, 5) is 15.8. The lowest BCUT2D eigenvalue weighted by Gasteiger charge is -2.33. The van der Waals surface area contributed by atoms with Crippen LogP contribution in [0, 0.1) is 0 Å². The molecular weight excluding hydrogens is 354 g/mol. The maximum atomic E-state index is 13.1. The molecule has 0 radical (unpaired) electrons. The lowest BCUT2D eigenvalue weighted by molar-refractivity contribution is -0.0109. The second-order valence-corrected chi connectivity index (χ2v) is 7.21. The van der Waals surface area contributed by atoms with Crippen LogP contribution in [-0.2, 0) is 4.74 Å². The van der Waals surface area contributed by atoms with E-state index in [1.165, 1.54) is 11.3 Å². The number of hydrogen-bond acceptors (Lipinski definition) is 7. The van der Waals surface area contributed by atoms with Crippen molar-refractivity contribution in [2.75, 3.05) is 19.8 Å². The topological polar surface area (TPSA) is 86.3 Å². The molecule has 8 nitrogen and oxygen atoms in total. The summed E-state index contributed by atoms with van der Waals surface area (Å²) in [6, 6.07) is 5.27. The highest BCUT2D eigenvalue weighted by Gasteiger charge is 2.34. The molecule has 0 saturated carbocycles. The number of thiophene rings is 1. The van der Waals surface area contributed by atoms with Crippen LogP contribution in [0.2, 0.25) is 0 Å². The molecule has 136 valence electrons. The van der Waals surface area contributed by atoms with Gasteiger partial charge < -0.3 is 14.1 Å². The molecule has 26 heavy (non-hydrogen) atoms. The Morgan fingerprint density at radius 2 is 2.23 bits per heavy atom. The fourth-order valence-corrected chi connectivity index (χ4v) is 3.61. The molecule has 1 unspecified atom stereocenters. The number of aromatic nitrogens is 4. The fraction of sp³-hybridized carbons (Fsp3) is 0.412. The number of amides is 1. The zero-order chi connectivity index (χ0) is 18.1. The summed E-state index contributed by atoms with van der Waals surface area (Å²) >= 11 is 1.53. The molecule has 4 heterocycles. The molecule has 4 rings (SSSR count). The van der Waals surface area contributed by atoms with Gasteiger partial charge in [0, 0.05) is 18.8 Å². The summed E-state index contributed by atoms with van der Waals surface area (Å²) < 4.78 is 13.1. The van der Waals surface area contributed by atoms with Gasteiger partial charge in [0.05, 0.1) is 18.1 Å². The van der Waals surface area contributed by atoms with Gasteiger partial charge in [-0.1, -0.05) is 6.07 Å². The Bertz CT molecular complexity index is 886. The number of hydrogen-bond donors (Lipinski definition) is 0. The van der Waals surface area contributed by atoms with Crippen molar-refractivity contribution in [2.45, 2.75) is 25.9 Å². The minimum atomic E-state index is -0.409. The maximum absolute atomic E-state index is 13.1. The third-order valence-electron chi connectivity index (χ3n) is 4.23. The first kappa shape index (κ1) is 16.9. The second-order valence-electron chi connectivity index (χ2n) is 6.27. The van der Waals surface area contributed by atoms with Crippen molar-refractivity contribution in [1.29, 1.82) is 0 Å². The fourth-order valence-electron chi connectivity index (χ4n) is 2.96. The van der Waals surface area contributed by atoms with E-state index in [1.54, 1.807) is 21.8 Å². The summed E-state index contributed by atoms with van der Waals surface area (Å²) in [6.45, 7) is 5.25. The molecule has 0 aliphatic carbocycles. The van der Waals surface area contributed by atoms with Gasteiger partial charge in [-0.25, -0.2) is 0 Å². The predicted octanol–water partition coefficient (Wildman–Crippen LogP) is 2.79. The average molecular weight is 373 g/mol. The van der Waals surface area contributed by atoms with Crippen LogP contribution in [0.3, 0.4) is 0 Å². The van der Waals surface area contributed by atoms with Crippen LogP contribution in [-0.4, -0.2) is 50.5 Å². The maximum Gasteiger partial charge on any atom is 0.272 e. The van der Waals surface area contributed by atoms with E-state index >= 15 is 0 Å². The van der Waals surface area contributed by atoms with E-state index in [-0.39, 0.29) is 11.9 Å². The van der Waals surface area contributed by atoms with E-state index < -0.39 is 6.04 Å². The molecule has 0 bridgehead atoms. The molecule has 0 N–H and O–H groups in total. The Morgan fingerprint density at radius 3 is 3.00 bits per heavy atom. The van der Waals surface area contributed by atoms with Crippen molar-refractivity contribution in [3.63, 3.8) is 0 Å². The molecule has 9 heteroatoms. The number of carbonyl (C=O) groups is 1. The summed E-state index contributed by atoms with van der Waals surface area (Å²) in [5.74, 6) is 0.734. The zero-order valence-corrected chi connectivity index (χ0v) is 15.3. The van der Waals surface area contributed by atoms with Crippen LogP contribution in [0.5, 0.6) is 0 Å². The number of carbonyl (C=O) groups excluding carboxylic acids is 1. The van der Waals surface area contributed by atoms with Crippen molar-refractivity contribution in [3.05, 3.63) is 41.4 Å². The minimum absolute atomic E-state index is 0.0947. The Hall–Kier alpha value is -2.52. The molecule has 0 spiro atoms. The minimum Gasteiger partial charge on any atom is -0.418 e. The van der Waals surface area contributed by atoms with E-state index in [0.29, 0.717) is 37.2 Å². The van der Waals surface area contributed by atoms with Gasteiger partial charge in [0.25, 0.3) is 11.8 Å². The van der Waals surface area contributed by atoms with E-state index in [1.807, 2.05) is 31.4 Å². The first-order valence-corrected chi connectivity index (χ1v) is 9.32. The van der Waals surface area contributed by atoms with Gasteiger partial charge in [-0.2, -0.15) is 5.10 Å². The van der Waals surface area contributed by atoms with E-state index in [0.717, 1.165) is 4.88 Å². The lowest BCUT2D eigenvalue weighted by atomic mass is 10.2. The monoisotopic (exact) mass is 373 g/mol. The molecule has 1 aliphatic heterocycles. The number of ether oxygens (including phenoxy) is 1. The van der Waals surface area contributed by atoms with Crippen molar-refractivity contribution in [2.24, 2.45) is 0 Å². The van der Waals surface area contributed by atoms with Crippen molar-refractivity contribution in [3.8, 4) is 10.8 Å². The van der Waals surface area contributed by atoms with Gasteiger partial charge in [-0.3, -0.25) is 9.48 Å². The first-order chi connectivity index (χ1) is 12.6. The van der Waals surface area contributed by atoms with Crippen LogP contribution in [0.1, 0.15) is 42.3 Å². The summed E-state index contributed by atoms with van der Waals surface area (Å²) in [7, 11) is 0. The van der Waals surface area contributed by atoms with Gasteiger partial charge in [0.1, 0.15) is 11.7 Å². The normalized spacial score (nSPS) is 17.8. The van der Waals surface area contributed by atoms with E-state index in [2.05, 4.69) is 15.3 Å². The summed E-state index contributed by atoms with van der Waals surface area (Å²) in [5.41, 5.74) is 0.546. The van der Waals surface area contributed by atoms with Gasteiger partial charge in [0.15, 0.2) is 0 Å². The van der Waals surface area contributed by atoms with Crippen LogP contribution in [0.25, 0.3) is 10.8 Å². The number of morpholine rings is 1. The van der Waals surface area contributed by atoms with Crippen LogP contribution >= 0.6 is 11.3 Å². The number of rotatable bonds is 4. The van der Waals surface area contributed by atoms with Gasteiger partial charge >= 0.3 is 0 Å². The number of nitrogens with zero attached hydrogens (tertiary/aromatic N) is 5. The molecule has 0 aromatic carbocycles. The average Bonchev–Trinajstić information content (AvgIpc) is 3.41. The Balaban J connectivity index is 1.62. The smallest absolute Gasteiger partial charge is 0.272 e. The van der Waals surface area contributed by atoms with Crippen molar-refractivity contribution in [1.82, 2.24) is 24.9 Å². The van der Waals surface area contributed by atoms with Gasteiger partial charge in [-0.15, -0.1) is 21.5 Å². The van der Waals surface area contributed by atoms with Gasteiger partial charge in [0.2, 0.25) is 5.89 Å². The lowest BCUT2D eigenvalue weighted by Crippen LogP contribution is -2.44. The van der Waals surface area contributed by atoms with Gasteiger partial charge in [-0.05, 0) is 31.4 Å². The molecular formula is C17H19N5O3S. The third kappa shape index (κ3) is 3.04. The molecule has 3 aromatic heterocycles. The van der Waals surface area contributed by atoms with Crippen LogP contribution < -0.4 is 0 Å². The Kier molecular flexibility index (Phi) is 4.56. The second kappa shape index (κ2) is 7.00.